The number of aliphatic hydroxyl groups excluding tert-OH is 1. The van der Waals surface area contributed by atoms with Gasteiger partial charge in [0, 0.05) is 26.1 Å². The molecule has 1 atom stereocenters. The molecule has 2 rings (SSSR count). The molecule has 18 heavy (non-hydrogen) atoms. The quantitative estimate of drug-likeness (QED) is 0.591. The number of aryl methyl sites for hydroxylation is 1. The second-order valence-electron chi connectivity index (χ2n) is 4.26. The Morgan fingerprint density at radius 1 is 1.67 bits per heavy atom. The second kappa shape index (κ2) is 5.13. The molecule has 1 aliphatic heterocycles. The summed E-state index contributed by atoms with van der Waals surface area (Å²) in [6, 6.07) is 0. The van der Waals surface area contributed by atoms with Crippen LogP contribution in [0.4, 0.5) is 5.82 Å². The predicted octanol–water partition coefficient (Wildman–Crippen LogP) is -0.225. The van der Waals surface area contributed by atoms with Gasteiger partial charge >= 0.3 is 5.82 Å². The largest absolute Gasteiger partial charge is 0.391 e. The van der Waals surface area contributed by atoms with Crippen molar-refractivity contribution in [2.75, 3.05) is 13.1 Å². The van der Waals surface area contributed by atoms with Gasteiger partial charge in [0.2, 0.25) is 12.2 Å². The highest BCUT2D eigenvalue weighted by atomic mass is 16.6. The third-order valence-corrected chi connectivity index (χ3v) is 2.91. The fourth-order valence-electron chi connectivity index (χ4n) is 1.92. The third-order valence-electron chi connectivity index (χ3n) is 2.91. The van der Waals surface area contributed by atoms with Gasteiger partial charge in [-0.1, -0.05) is 0 Å². The number of carbonyl (C=O) groups excluding carboxylic acids is 1. The van der Waals surface area contributed by atoms with Gasteiger partial charge in [-0.3, -0.25) is 4.79 Å². The lowest BCUT2D eigenvalue weighted by Gasteiger charge is -2.15. The molecule has 1 aliphatic rings. The summed E-state index contributed by atoms with van der Waals surface area (Å²) in [7, 11) is 0. The number of likely N-dealkylation sites (tertiary alicyclic amines) is 1. The van der Waals surface area contributed by atoms with Crippen molar-refractivity contribution in [3.05, 3.63) is 22.6 Å². The Bertz CT molecular complexity index is 458. The number of β-amino-alcohol motifs (C(OH)–C–C–N with tert-alkyl or cyclic N) is 1. The molecule has 2 heterocycles. The van der Waals surface area contributed by atoms with E-state index in [1.54, 1.807) is 4.90 Å². The van der Waals surface area contributed by atoms with E-state index in [2.05, 4.69) is 4.98 Å². The first-order chi connectivity index (χ1) is 8.56. The number of nitrogens with zero attached hydrogens (tertiary/aromatic N) is 4. The highest BCUT2D eigenvalue weighted by Gasteiger charge is 2.24. The lowest BCUT2D eigenvalue weighted by molar-refractivity contribution is -0.389. The normalized spacial score (nSPS) is 19.2. The summed E-state index contributed by atoms with van der Waals surface area (Å²) in [4.78, 5) is 26.8. The summed E-state index contributed by atoms with van der Waals surface area (Å²) in [6.45, 7) is 1.30. The number of amides is 1. The predicted molar refractivity (Wildman–Crippen MR) is 60.7 cm³/mol. The van der Waals surface area contributed by atoms with E-state index in [-0.39, 0.29) is 18.1 Å². The smallest absolute Gasteiger partial charge is 0.381 e. The van der Waals surface area contributed by atoms with Gasteiger partial charge in [0.15, 0.2) is 0 Å². The summed E-state index contributed by atoms with van der Waals surface area (Å²) >= 11 is 0. The molecule has 1 N–H and O–H groups in total. The van der Waals surface area contributed by atoms with Crippen molar-refractivity contribution in [1.29, 1.82) is 0 Å². The maximum atomic E-state index is 11.8. The van der Waals surface area contributed by atoms with Gasteiger partial charge in [0.05, 0.1) is 6.10 Å². The topological polar surface area (TPSA) is 102 Å². The van der Waals surface area contributed by atoms with Crippen LogP contribution in [0.5, 0.6) is 0 Å². The maximum Gasteiger partial charge on any atom is 0.381 e. The molecule has 98 valence electrons. The molecule has 0 unspecified atom stereocenters. The van der Waals surface area contributed by atoms with Crippen LogP contribution in [0, 0.1) is 10.1 Å². The molecule has 8 heteroatoms. The van der Waals surface area contributed by atoms with Gasteiger partial charge in [0.25, 0.3) is 0 Å². The van der Waals surface area contributed by atoms with E-state index in [9.17, 15) is 20.0 Å². The van der Waals surface area contributed by atoms with Crippen LogP contribution in [0.25, 0.3) is 0 Å². The molecule has 0 aliphatic carbocycles. The Balaban J connectivity index is 1.83. The fraction of sp³-hybridized carbons (Fsp3) is 0.600. The van der Waals surface area contributed by atoms with Crippen LogP contribution < -0.4 is 0 Å². The van der Waals surface area contributed by atoms with Crippen molar-refractivity contribution in [1.82, 2.24) is 14.5 Å². The van der Waals surface area contributed by atoms with E-state index >= 15 is 0 Å². The monoisotopic (exact) mass is 254 g/mol. The zero-order valence-corrected chi connectivity index (χ0v) is 9.73. The van der Waals surface area contributed by atoms with E-state index < -0.39 is 11.0 Å². The van der Waals surface area contributed by atoms with Gasteiger partial charge in [0.1, 0.15) is 6.20 Å². The average Bonchev–Trinajstić information content (AvgIpc) is 2.94. The number of rotatable bonds is 4. The van der Waals surface area contributed by atoms with Crippen LogP contribution in [-0.4, -0.2) is 49.6 Å². The lowest BCUT2D eigenvalue weighted by atomic mass is 10.3. The van der Waals surface area contributed by atoms with Gasteiger partial charge in [-0.2, -0.15) is 0 Å². The summed E-state index contributed by atoms with van der Waals surface area (Å²) < 4.78 is 1.52. The van der Waals surface area contributed by atoms with Crippen LogP contribution in [0.2, 0.25) is 0 Å². The van der Waals surface area contributed by atoms with E-state index in [1.807, 2.05) is 0 Å². The number of aromatic nitrogens is 2. The maximum absolute atomic E-state index is 11.8. The van der Waals surface area contributed by atoms with Crippen LogP contribution in [0.15, 0.2) is 12.5 Å². The lowest BCUT2D eigenvalue weighted by Crippen LogP contribution is -2.30. The first-order valence-corrected chi connectivity index (χ1v) is 5.68. The van der Waals surface area contributed by atoms with E-state index in [1.165, 1.54) is 17.1 Å². The number of hydrogen-bond donors (Lipinski definition) is 1. The molecule has 1 aromatic rings. The number of hydrogen-bond acceptors (Lipinski definition) is 5. The van der Waals surface area contributed by atoms with Gasteiger partial charge in [-0.05, 0) is 16.3 Å². The Hall–Kier alpha value is -1.96. The summed E-state index contributed by atoms with van der Waals surface area (Å²) in [5.74, 6) is -0.276. The van der Waals surface area contributed by atoms with Crippen LogP contribution in [-0.2, 0) is 11.3 Å². The zero-order chi connectivity index (χ0) is 13.1. The molecule has 0 spiro atoms. The molecular formula is C10H14N4O4. The Morgan fingerprint density at radius 3 is 3.00 bits per heavy atom. The van der Waals surface area contributed by atoms with Crippen LogP contribution in [0.3, 0.4) is 0 Å². The molecule has 8 nitrogen and oxygen atoms in total. The Labute approximate surface area is 103 Å². The highest BCUT2D eigenvalue weighted by molar-refractivity contribution is 5.76. The van der Waals surface area contributed by atoms with Crippen molar-refractivity contribution in [3.63, 3.8) is 0 Å². The molecular weight excluding hydrogens is 240 g/mol. The minimum absolute atomic E-state index is 0.0529. The molecule has 0 radical (unpaired) electrons. The summed E-state index contributed by atoms with van der Waals surface area (Å²) in [5, 5.41) is 19.7. The standard InChI is InChI=1S/C10H14N4O4/c15-8-1-4-13(5-8)10(16)2-3-12-6-9(11-7-12)14(17)18/h6-8,15H,1-5H2/t8-/m0/s1. The zero-order valence-electron chi connectivity index (χ0n) is 9.73. The molecule has 0 bridgehead atoms. The number of carbonyl (C=O) groups is 1. The Morgan fingerprint density at radius 2 is 2.44 bits per heavy atom. The number of imidazole rings is 1. The van der Waals surface area contributed by atoms with Gasteiger partial charge in [-0.25, -0.2) is 0 Å². The molecule has 1 saturated heterocycles. The number of aliphatic hydroxyl groups is 1. The average molecular weight is 254 g/mol. The summed E-state index contributed by atoms with van der Waals surface area (Å²) in [6.07, 6.45) is 3.07. The minimum Gasteiger partial charge on any atom is -0.391 e. The van der Waals surface area contributed by atoms with E-state index in [0.717, 1.165) is 0 Å². The van der Waals surface area contributed by atoms with Crippen LogP contribution >= 0.6 is 0 Å². The molecule has 1 fully saturated rings. The van der Waals surface area contributed by atoms with E-state index in [0.29, 0.717) is 26.1 Å². The third kappa shape index (κ3) is 2.83. The first-order valence-electron chi connectivity index (χ1n) is 5.68. The Kier molecular flexibility index (Phi) is 3.56. The summed E-state index contributed by atoms with van der Waals surface area (Å²) in [5.41, 5.74) is 0. The van der Waals surface area contributed by atoms with Gasteiger partial charge in [-0.15, -0.1) is 0 Å². The molecule has 1 aromatic heterocycles. The van der Waals surface area contributed by atoms with Crippen molar-refractivity contribution in [2.24, 2.45) is 0 Å². The second-order valence-corrected chi connectivity index (χ2v) is 4.26. The fourth-order valence-corrected chi connectivity index (χ4v) is 1.92. The van der Waals surface area contributed by atoms with Gasteiger partial charge < -0.3 is 24.7 Å². The first kappa shape index (κ1) is 12.5. The minimum atomic E-state index is -0.574. The highest BCUT2D eigenvalue weighted by Crippen LogP contribution is 2.11. The van der Waals surface area contributed by atoms with Crippen molar-refractivity contribution >= 4 is 11.7 Å². The van der Waals surface area contributed by atoms with E-state index in [4.69, 9.17) is 0 Å². The molecule has 1 amide bonds. The van der Waals surface area contributed by atoms with Crippen molar-refractivity contribution in [2.45, 2.75) is 25.5 Å². The molecule has 0 saturated carbocycles. The SMILES string of the molecule is O=C(CCn1cnc([N+](=O)[O-])c1)N1CC[C@H](O)C1. The van der Waals surface area contributed by atoms with Crippen molar-refractivity contribution < 1.29 is 14.8 Å². The number of nitro groups is 1. The molecule has 0 aromatic carbocycles. The van der Waals surface area contributed by atoms with Crippen LogP contribution in [0.1, 0.15) is 12.8 Å². The van der Waals surface area contributed by atoms with Crippen molar-refractivity contribution in [3.8, 4) is 0 Å².